The van der Waals surface area contributed by atoms with Gasteiger partial charge >= 0.3 is 5.97 Å². The summed E-state index contributed by atoms with van der Waals surface area (Å²) in [7, 11) is 0. The average molecular weight is 578 g/mol. The average Bonchev–Trinajstić information content (AvgIpc) is 2.94. The SMILES string of the molecule is CCC(CCCN1CCC(NC(=O)c2ccccc2-c2ccc(Br)cc2)CC1)(CC(=O)O)c1ccccc1. The van der Waals surface area contributed by atoms with Crippen LogP contribution in [0.1, 0.15) is 61.4 Å². The van der Waals surface area contributed by atoms with Gasteiger partial charge in [0.15, 0.2) is 0 Å². The smallest absolute Gasteiger partial charge is 0.304 e. The van der Waals surface area contributed by atoms with Crippen LogP contribution in [-0.4, -0.2) is 47.6 Å². The molecular weight excluding hydrogens is 540 g/mol. The maximum atomic E-state index is 13.2. The molecule has 1 amide bonds. The number of rotatable bonds is 11. The molecule has 6 heteroatoms. The highest BCUT2D eigenvalue weighted by Gasteiger charge is 2.33. The molecule has 38 heavy (non-hydrogen) atoms. The largest absolute Gasteiger partial charge is 0.481 e. The Bertz CT molecular complexity index is 1210. The van der Waals surface area contributed by atoms with Crippen LogP contribution >= 0.6 is 15.9 Å². The molecule has 1 atom stereocenters. The van der Waals surface area contributed by atoms with Crippen molar-refractivity contribution in [3.63, 3.8) is 0 Å². The summed E-state index contributed by atoms with van der Waals surface area (Å²) < 4.78 is 1.01. The lowest BCUT2D eigenvalue weighted by molar-refractivity contribution is -0.138. The molecule has 5 nitrogen and oxygen atoms in total. The van der Waals surface area contributed by atoms with Crippen LogP contribution in [0.15, 0.2) is 83.3 Å². The quantitative estimate of drug-likeness (QED) is 0.260. The number of piperidine rings is 1. The van der Waals surface area contributed by atoms with Gasteiger partial charge in [-0.3, -0.25) is 9.59 Å². The van der Waals surface area contributed by atoms with Crippen LogP contribution in [0.25, 0.3) is 11.1 Å². The van der Waals surface area contributed by atoms with E-state index in [0.717, 1.165) is 72.9 Å². The van der Waals surface area contributed by atoms with Crippen LogP contribution in [0.3, 0.4) is 0 Å². The van der Waals surface area contributed by atoms with Crippen LogP contribution in [0, 0.1) is 0 Å². The van der Waals surface area contributed by atoms with E-state index in [2.05, 4.69) is 45.2 Å². The number of carbonyl (C=O) groups excluding carboxylic acids is 1. The molecule has 2 N–H and O–H groups in total. The highest BCUT2D eigenvalue weighted by Crippen LogP contribution is 2.36. The molecule has 1 heterocycles. The molecule has 1 aliphatic heterocycles. The molecule has 0 saturated carbocycles. The second-order valence-corrected chi connectivity index (χ2v) is 11.2. The van der Waals surface area contributed by atoms with Gasteiger partial charge in [0.2, 0.25) is 0 Å². The number of nitrogens with one attached hydrogen (secondary N) is 1. The number of hydrogen-bond acceptors (Lipinski definition) is 3. The fraction of sp³-hybridized carbons (Fsp3) is 0.375. The van der Waals surface area contributed by atoms with Crippen LogP contribution in [-0.2, 0) is 10.2 Å². The molecule has 0 radical (unpaired) electrons. The molecule has 3 aromatic carbocycles. The summed E-state index contributed by atoms with van der Waals surface area (Å²) in [5, 5.41) is 12.9. The predicted molar refractivity (Wildman–Crippen MR) is 156 cm³/mol. The van der Waals surface area contributed by atoms with Crippen LogP contribution in [0.2, 0.25) is 0 Å². The van der Waals surface area contributed by atoms with E-state index in [1.807, 2.05) is 66.7 Å². The Morgan fingerprint density at radius 1 is 0.974 bits per heavy atom. The van der Waals surface area contributed by atoms with Crippen LogP contribution in [0.5, 0.6) is 0 Å². The molecule has 4 rings (SSSR count). The Morgan fingerprint density at radius 2 is 1.63 bits per heavy atom. The molecule has 0 bridgehead atoms. The molecule has 3 aromatic rings. The molecule has 1 saturated heterocycles. The van der Waals surface area contributed by atoms with E-state index in [1.165, 1.54) is 0 Å². The molecule has 1 unspecified atom stereocenters. The Labute approximate surface area is 234 Å². The Balaban J connectivity index is 1.30. The second kappa shape index (κ2) is 13.2. The minimum Gasteiger partial charge on any atom is -0.481 e. The van der Waals surface area contributed by atoms with Gasteiger partial charge in [-0.05, 0) is 73.5 Å². The fourth-order valence-electron chi connectivity index (χ4n) is 5.69. The van der Waals surface area contributed by atoms with Crippen molar-refractivity contribution in [2.24, 2.45) is 0 Å². The molecule has 0 aromatic heterocycles. The summed E-state index contributed by atoms with van der Waals surface area (Å²) in [6.07, 6.45) is 4.59. The fourth-order valence-corrected chi connectivity index (χ4v) is 5.95. The molecule has 0 aliphatic carbocycles. The number of amides is 1. The number of nitrogens with zero attached hydrogens (tertiary/aromatic N) is 1. The lowest BCUT2D eigenvalue weighted by Crippen LogP contribution is -2.45. The van der Waals surface area contributed by atoms with Crippen molar-refractivity contribution in [2.45, 2.75) is 56.9 Å². The topological polar surface area (TPSA) is 69.6 Å². The zero-order valence-electron chi connectivity index (χ0n) is 22.0. The molecule has 1 aliphatic rings. The van der Waals surface area contributed by atoms with Crippen molar-refractivity contribution in [3.8, 4) is 11.1 Å². The van der Waals surface area contributed by atoms with E-state index in [1.54, 1.807) is 0 Å². The summed E-state index contributed by atoms with van der Waals surface area (Å²) in [6, 6.07) is 26.1. The van der Waals surface area contributed by atoms with Gasteiger partial charge in [0, 0.05) is 34.6 Å². The molecular formula is C32H37BrN2O3. The number of halogens is 1. The Kier molecular flexibility index (Phi) is 9.75. The number of benzene rings is 3. The zero-order chi connectivity index (χ0) is 27.0. The van der Waals surface area contributed by atoms with Crippen molar-refractivity contribution >= 4 is 27.8 Å². The highest BCUT2D eigenvalue weighted by atomic mass is 79.9. The van der Waals surface area contributed by atoms with E-state index in [4.69, 9.17) is 0 Å². The number of carboxylic acid groups (broad SMARTS) is 1. The maximum Gasteiger partial charge on any atom is 0.304 e. The van der Waals surface area contributed by atoms with Gasteiger partial charge in [-0.15, -0.1) is 0 Å². The lowest BCUT2D eigenvalue weighted by Gasteiger charge is -2.35. The normalized spacial score (nSPS) is 16.1. The summed E-state index contributed by atoms with van der Waals surface area (Å²) in [4.78, 5) is 27.4. The van der Waals surface area contributed by atoms with Crippen molar-refractivity contribution in [2.75, 3.05) is 19.6 Å². The first-order chi connectivity index (χ1) is 18.4. The maximum absolute atomic E-state index is 13.2. The third kappa shape index (κ3) is 7.12. The Hall–Kier alpha value is -2.96. The van der Waals surface area contributed by atoms with Gasteiger partial charge in [0.05, 0.1) is 6.42 Å². The zero-order valence-corrected chi connectivity index (χ0v) is 23.6. The number of carbonyl (C=O) groups is 2. The summed E-state index contributed by atoms with van der Waals surface area (Å²) >= 11 is 3.48. The predicted octanol–water partition coefficient (Wildman–Crippen LogP) is 6.91. The minimum absolute atomic E-state index is 0.0220. The molecule has 1 fully saturated rings. The first-order valence-electron chi connectivity index (χ1n) is 13.6. The first-order valence-corrected chi connectivity index (χ1v) is 14.3. The van der Waals surface area contributed by atoms with E-state index in [9.17, 15) is 14.7 Å². The van der Waals surface area contributed by atoms with Crippen molar-refractivity contribution < 1.29 is 14.7 Å². The van der Waals surface area contributed by atoms with E-state index in [0.29, 0.717) is 5.56 Å². The van der Waals surface area contributed by atoms with Crippen LogP contribution in [0.4, 0.5) is 0 Å². The first kappa shape index (κ1) is 28.1. The Morgan fingerprint density at radius 3 is 2.29 bits per heavy atom. The van der Waals surface area contributed by atoms with Gasteiger partial charge in [-0.2, -0.15) is 0 Å². The summed E-state index contributed by atoms with van der Waals surface area (Å²) in [6.45, 7) is 4.91. The molecule has 200 valence electrons. The summed E-state index contributed by atoms with van der Waals surface area (Å²) in [5.74, 6) is -0.764. The minimum atomic E-state index is -0.742. The van der Waals surface area contributed by atoms with Crippen molar-refractivity contribution in [1.29, 1.82) is 0 Å². The van der Waals surface area contributed by atoms with E-state index < -0.39 is 5.97 Å². The van der Waals surface area contributed by atoms with Crippen molar-refractivity contribution in [3.05, 3.63) is 94.5 Å². The van der Waals surface area contributed by atoms with Gasteiger partial charge in [-0.1, -0.05) is 83.5 Å². The lowest BCUT2D eigenvalue weighted by atomic mass is 9.72. The highest BCUT2D eigenvalue weighted by molar-refractivity contribution is 9.10. The van der Waals surface area contributed by atoms with Gasteiger partial charge < -0.3 is 15.3 Å². The third-order valence-corrected chi connectivity index (χ3v) is 8.46. The third-order valence-electron chi connectivity index (χ3n) is 7.93. The van der Waals surface area contributed by atoms with E-state index in [-0.39, 0.29) is 23.8 Å². The number of carboxylic acids is 1. The van der Waals surface area contributed by atoms with Gasteiger partial charge in [-0.25, -0.2) is 0 Å². The number of aliphatic carboxylic acids is 1. The van der Waals surface area contributed by atoms with Crippen LogP contribution < -0.4 is 5.32 Å². The number of likely N-dealkylation sites (tertiary alicyclic amines) is 1. The number of hydrogen-bond donors (Lipinski definition) is 2. The summed E-state index contributed by atoms with van der Waals surface area (Å²) in [5.41, 5.74) is 3.45. The van der Waals surface area contributed by atoms with Gasteiger partial charge in [0.25, 0.3) is 5.91 Å². The van der Waals surface area contributed by atoms with Gasteiger partial charge in [0.1, 0.15) is 0 Å². The standard InChI is InChI=1S/C32H37BrN2O3/c1-2-32(23-30(36)37,25-9-4-3-5-10-25)19-8-20-35-21-17-27(18-22-35)34-31(38)29-12-7-6-11-28(29)24-13-15-26(33)16-14-24/h3-7,9-16,27H,2,8,17-23H2,1H3,(H,34,38)(H,36,37). The second-order valence-electron chi connectivity index (χ2n) is 10.3. The van der Waals surface area contributed by atoms with Crippen molar-refractivity contribution in [1.82, 2.24) is 10.2 Å². The van der Waals surface area contributed by atoms with E-state index >= 15 is 0 Å². The monoisotopic (exact) mass is 576 g/mol. The molecule has 0 spiro atoms.